The third kappa shape index (κ3) is 3.87. The fourth-order valence-electron chi connectivity index (χ4n) is 2.33. The highest BCUT2D eigenvalue weighted by atomic mass is 32.1. The van der Waals surface area contributed by atoms with Gasteiger partial charge < -0.3 is 10.2 Å². The van der Waals surface area contributed by atoms with E-state index in [0.29, 0.717) is 16.3 Å². The van der Waals surface area contributed by atoms with Gasteiger partial charge in [-0.1, -0.05) is 48.2 Å². The van der Waals surface area contributed by atoms with Crippen molar-refractivity contribution in [2.45, 2.75) is 0 Å². The molecule has 0 fully saturated rings. The van der Waals surface area contributed by atoms with Crippen LogP contribution in [0.25, 0.3) is 10.6 Å². The standard InChI is InChI=1S/C20H17N3O2S/c1-3-18(24)23(2)16-11-9-14(10-12-16)19(25)22-17-13-21-20(26-17)15-7-5-4-6-8-15/h3-13H,1H2,2H3,(H,22,25). The Balaban J connectivity index is 1.70. The van der Waals surface area contributed by atoms with Crippen LogP contribution >= 0.6 is 11.3 Å². The van der Waals surface area contributed by atoms with E-state index >= 15 is 0 Å². The van der Waals surface area contributed by atoms with Crippen molar-refractivity contribution in [3.63, 3.8) is 0 Å². The molecule has 0 aliphatic rings. The van der Waals surface area contributed by atoms with Crippen molar-refractivity contribution >= 4 is 33.8 Å². The number of benzene rings is 2. The first-order valence-electron chi connectivity index (χ1n) is 7.91. The molecule has 3 rings (SSSR count). The molecule has 26 heavy (non-hydrogen) atoms. The van der Waals surface area contributed by atoms with Gasteiger partial charge in [-0.25, -0.2) is 4.98 Å². The Kier molecular flexibility index (Phi) is 5.24. The number of hydrogen-bond donors (Lipinski definition) is 1. The van der Waals surface area contributed by atoms with Gasteiger partial charge in [0.25, 0.3) is 5.91 Å². The highest BCUT2D eigenvalue weighted by Gasteiger charge is 2.11. The minimum Gasteiger partial charge on any atom is -0.312 e. The van der Waals surface area contributed by atoms with Crippen LogP contribution in [0.2, 0.25) is 0 Å². The van der Waals surface area contributed by atoms with E-state index in [4.69, 9.17) is 0 Å². The van der Waals surface area contributed by atoms with Gasteiger partial charge in [0.2, 0.25) is 5.91 Å². The van der Waals surface area contributed by atoms with Gasteiger partial charge in [0.15, 0.2) is 0 Å². The summed E-state index contributed by atoms with van der Waals surface area (Å²) in [6.45, 7) is 3.46. The van der Waals surface area contributed by atoms with Gasteiger partial charge in [0.05, 0.1) is 6.20 Å². The van der Waals surface area contributed by atoms with Crippen LogP contribution in [0, 0.1) is 0 Å². The molecule has 0 spiro atoms. The molecule has 1 heterocycles. The third-order valence-corrected chi connectivity index (χ3v) is 4.75. The van der Waals surface area contributed by atoms with Crippen LogP contribution in [0.5, 0.6) is 0 Å². The Morgan fingerprint density at radius 1 is 1.12 bits per heavy atom. The van der Waals surface area contributed by atoms with E-state index in [-0.39, 0.29) is 11.8 Å². The van der Waals surface area contributed by atoms with Gasteiger partial charge in [-0.3, -0.25) is 9.59 Å². The minimum atomic E-state index is -0.225. The van der Waals surface area contributed by atoms with Crippen LogP contribution in [0.3, 0.4) is 0 Å². The average molecular weight is 363 g/mol. The summed E-state index contributed by atoms with van der Waals surface area (Å²) in [4.78, 5) is 29.8. The highest BCUT2D eigenvalue weighted by molar-refractivity contribution is 7.19. The molecule has 0 atom stereocenters. The zero-order chi connectivity index (χ0) is 18.5. The van der Waals surface area contributed by atoms with E-state index in [1.807, 2.05) is 30.3 Å². The molecule has 0 aliphatic heterocycles. The number of likely N-dealkylation sites (N-methyl/N-ethyl adjacent to an activating group) is 1. The van der Waals surface area contributed by atoms with Crippen LogP contribution < -0.4 is 10.2 Å². The minimum absolute atomic E-state index is 0.208. The maximum atomic E-state index is 12.4. The van der Waals surface area contributed by atoms with Gasteiger partial charge in [0.1, 0.15) is 10.0 Å². The number of rotatable bonds is 5. The zero-order valence-electron chi connectivity index (χ0n) is 14.2. The number of hydrogen-bond acceptors (Lipinski definition) is 4. The first kappa shape index (κ1) is 17.6. The van der Waals surface area contributed by atoms with Crippen molar-refractivity contribution in [2.24, 2.45) is 0 Å². The van der Waals surface area contributed by atoms with Crippen molar-refractivity contribution in [1.82, 2.24) is 4.98 Å². The van der Waals surface area contributed by atoms with Crippen LogP contribution in [-0.2, 0) is 4.79 Å². The quantitative estimate of drug-likeness (QED) is 0.691. The summed E-state index contributed by atoms with van der Waals surface area (Å²) < 4.78 is 0. The lowest BCUT2D eigenvalue weighted by atomic mass is 10.2. The number of carbonyl (C=O) groups is 2. The number of thiazole rings is 1. The third-order valence-electron chi connectivity index (χ3n) is 3.79. The fraction of sp³-hybridized carbons (Fsp3) is 0.0500. The second-order valence-corrected chi connectivity index (χ2v) is 6.53. The summed E-state index contributed by atoms with van der Waals surface area (Å²) in [5.74, 6) is -0.433. The Hall–Kier alpha value is -3.25. The Bertz CT molecular complexity index is 933. The van der Waals surface area contributed by atoms with E-state index in [1.165, 1.54) is 22.3 Å². The van der Waals surface area contributed by atoms with Crippen molar-refractivity contribution in [3.8, 4) is 10.6 Å². The maximum Gasteiger partial charge on any atom is 0.256 e. The summed E-state index contributed by atoms with van der Waals surface area (Å²) >= 11 is 1.42. The van der Waals surface area contributed by atoms with E-state index in [2.05, 4.69) is 16.9 Å². The molecule has 3 aromatic rings. The van der Waals surface area contributed by atoms with Crippen LogP contribution in [0.1, 0.15) is 10.4 Å². The van der Waals surface area contributed by atoms with Crippen molar-refractivity contribution < 1.29 is 9.59 Å². The fourth-order valence-corrected chi connectivity index (χ4v) is 3.15. The topological polar surface area (TPSA) is 62.3 Å². The summed E-state index contributed by atoms with van der Waals surface area (Å²) in [5, 5.41) is 4.38. The van der Waals surface area contributed by atoms with E-state index < -0.39 is 0 Å². The number of aromatic nitrogens is 1. The van der Waals surface area contributed by atoms with Crippen molar-refractivity contribution in [3.05, 3.63) is 79.0 Å². The second-order valence-electron chi connectivity index (χ2n) is 5.50. The molecule has 1 aromatic heterocycles. The number of anilines is 2. The molecule has 0 saturated heterocycles. The largest absolute Gasteiger partial charge is 0.312 e. The van der Waals surface area contributed by atoms with Gasteiger partial charge in [-0.15, -0.1) is 0 Å². The van der Waals surface area contributed by atoms with Gasteiger partial charge >= 0.3 is 0 Å². The number of amides is 2. The van der Waals surface area contributed by atoms with Crippen molar-refractivity contribution in [2.75, 3.05) is 17.3 Å². The first-order valence-corrected chi connectivity index (χ1v) is 8.73. The molecular formula is C20H17N3O2S. The maximum absolute atomic E-state index is 12.4. The molecule has 0 unspecified atom stereocenters. The number of nitrogens with one attached hydrogen (secondary N) is 1. The van der Waals surface area contributed by atoms with E-state index in [0.717, 1.165) is 10.6 Å². The molecule has 2 aromatic carbocycles. The molecule has 0 aliphatic carbocycles. The highest BCUT2D eigenvalue weighted by Crippen LogP contribution is 2.28. The molecule has 0 radical (unpaired) electrons. The molecule has 0 saturated carbocycles. The summed E-state index contributed by atoms with van der Waals surface area (Å²) in [7, 11) is 1.65. The smallest absolute Gasteiger partial charge is 0.256 e. The van der Waals surface area contributed by atoms with Crippen LogP contribution in [0.4, 0.5) is 10.7 Å². The monoisotopic (exact) mass is 363 g/mol. The van der Waals surface area contributed by atoms with Gasteiger partial charge in [0, 0.05) is 23.9 Å². The van der Waals surface area contributed by atoms with Crippen LogP contribution in [0.15, 0.2) is 73.4 Å². The Labute approximate surface area is 155 Å². The number of nitrogens with zero attached hydrogens (tertiary/aromatic N) is 2. The Morgan fingerprint density at radius 2 is 1.81 bits per heavy atom. The molecule has 0 bridgehead atoms. The lowest BCUT2D eigenvalue weighted by Gasteiger charge is -2.15. The number of carbonyl (C=O) groups excluding carboxylic acids is 2. The second kappa shape index (κ2) is 7.76. The van der Waals surface area contributed by atoms with Gasteiger partial charge in [-0.05, 0) is 30.3 Å². The zero-order valence-corrected chi connectivity index (χ0v) is 15.0. The van der Waals surface area contributed by atoms with Crippen molar-refractivity contribution in [1.29, 1.82) is 0 Å². The first-order chi connectivity index (χ1) is 12.6. The van der Waals surface area contributed by atoms with Gasteiger partial charge in [-0.2, -0.15) is 0 Å². The summed E-state index contributed by atoms with van der Waals surface area (Å²) in [6.07, 6.45) is 2.89. The summed E-state index contributed by atoms with van der Waals surface area (Å²) in [6, 6.07) is 16.6. The molecule has 1 N–H and O–H groups in total. The molecule has 130 valence electrons. The molecular weight excluding hydrogens is 346 g/mol. The molecule has 5 nitrogen and oxygen atoms in total. The molecule has 2 amide bonds. The lowest BCUT2D eigenvalue weighted by Crippen LogP contribution is -2.23. The predicted octanol–water partition coefficient (Wildman–Crippen LogP) is 4.21. The predicted molar refractivity (Wildman–Crippen MR) is 106 cm³/mol. The normalized spacial score (nSPS) is 10.2. The van der Waals surface area contributed by atoms with E-state index in [9.17, 15) is 9.59 Å². The van der Waals surface area contributed by atoms with E-state index in [1.54, 1.807) is 37.5 Å². The lowest BCUT2D eigenvalue weighted by molar-refractivity contribution is -0.113. The summed E-state index contributed by atoms with van der Waals surface area (Å²) in [5.41, 5.74) is 2.20. The molecule has 6 heteroatoms. The SMILES string of the molecule is C=CC(=O)N(C)c1ccc(C(=O)Nc2cnc(-c3ccccc3)s2)cc1. The Morgan fingerprint density at radius 3 is 2.46 bits per heavy atom. The van der Waals surface area contributed by atoms with Crippen LogP contribution in [-0.4, -0.2) is 23.8 Å². The average Bonchev–Trinajstić information content (AvgIpc) is 3.16.